The first-order valence-electron chi connectivity index (χ1n) is 5.15. The number of benzene rings is 1. The number of H-pyrrole nitrogens is 1. The number of rotatable bonds is 2. The Labute approximate surface area is 108 Å². The summed E-state index contributed by atoms with van der Waals surface area (Å²) in [6.07, 6.45) is 1.95. The first-order chi connectivity index (χ1) is 8.13. The Balaban J connectivity index is 2.72. The van der Waals surface area contributed by atoms with Crippen LogP contribution in [-0.4, -0.2) is 9.97 Å². The molecule has 0 amide bonds. The fourth-order valence-electron chi connectivity index (χ4n) is 1.67. The van der Waals surface area contributed by atoms with Gasteiger partial charge in [-0.2, -0.15) is 0 Å². The van der Waals surface area contributed by atoms with Gasteiger partial charge in [-0.3, -0.25) is 4.79 Å². The van der Waals surface area contributed by atoms with Crippen molar-refractivity contribution in [2.75, 3.05) is 0 Å². The average molecular weight is 269 g/mol. The van der Waals surface area contributed by atoms with Crippen molar-refractivity contribution < 1.29 is 0 Å². The maximum atomic E-state index is 11.7. The first-order valence-corrected chi connectivity index (χ1v) is 5.91. The third-order valence-electron chi connectivity index (χ3n) is 2.49. The molecule has 0 aliphatic heterocycles. The Morgan fingerprint density at radius 2 is 2.12 bits per heavy atom. The minimum absolute atomic E-state index is 0.145. The smallest absolute Gasteiger partial charge is 0.254 e. The monoisotopic (exact) mass is 268 g/mol. The number of halogens is 2. The zero-order chi connectivity index (χ0) is 12.4. The van der Waals surface area contributed by atoms with Crippen LogP contribution < -0.4 is 5.56 Å². The highest BCUT2D eigenvalue weighted by Gasteiger charge is 2.12. The van der Waals surface area contributed by atoms with Gasteiger partial charge in [-0.25, -0.2) is 4.98 Å². The van der Waals surface area contributed by atoms with E-state index in [1.54, 1.807) is 18.2 Å². The predicted molar refractivity (Wildman–Crippen MR) is 69.7 cm³/mol. The number of aromatic amines is 1. The van der Waals surface area contributed by atoms with Gasteiger partial charge in [-0.05, 0) is 24.6 Å². The predicted octanol–water partition coefficient (Wildman–Crippen LogP) is 3.31. The molecular formula is C12H10Cl2N2O. The van der Waals surface area contributed by atoms with Gasteiger partial charge in [-0.1, -0.05) is 30.1 Å². The summed E-state index contributed by atoms with van der Waals surface area (Å²) >= 11 is 12.0. The highest BCUT2D eigenvalue weighted by Crippen LogP contribution is 2.30. The molecule has 3 nitrogen and oxygen atoms in total. The minimum Gasteiger partial charge on any atom is -0.313 e. The van der Waals surface area contributed by atoms with Gasteiger partial charge in [0.1, 0.15) is 0 Å². The van der Waals surface area contributed by atoms with Crippen molar-refractivity contribution in [3.05, 3.63) is 50.5 Å². The van der Waals surface area contributed by atoms with E-state index in [2.05, 4.69) is 9.97 Å². The molecule has 0 aliphatic rings. The van der Waals surface area contributed by atoms with Gasteiger partial charge in [-0.15, -0.1) is 0 Å². The van der Waals surface area contributed by atoms with E-state index in [1.165, 1.54) is 6.33 Å². The molecule has 1 aromatic heterocycles. The maximum absolute atomic E-state index is 11.7. The average Bonchev–Trinajstić information content (AvgIpc) is 2.32. The van der Waals surface area contributed by atoms with Crippen LogP contribution in [0.2, 0.25) is 10.0 Å². The van der Waals surface area contributed by atoms with Gasteiger partial charge in [0.2, 0.25) is 0 Å². The molecule has 5 heteroatoms. The SMILES string of the molecule is CCc1c(-c2cc(Cl)ccc2Cl)nc[nH]c1=O. The van der Waals surface area contributed by atoms with Crippen LogP contribution in [0, 0.1) is 0 Å². The van der Waals surface area contributed by atoms with Gasteiger partial charge in [0.05, 0.1) is 17.0 Å². The molecule has 88 valence electrons. The van der Waals surface area contributed by atoms with Crippen LogP contribution in [0.25, 0.3) is 11.3 Å². The first kappa shape index (κ1) is 12.1. The lowest BCUT2D eigenvalue weighted by molar-refractivity contribution is 1.01. The lowest BCUT2D eigenvalue weighted by Crippen LogP contribution is -2.14. The molecule has 0 radical (unpaired) electrons. The van der Waals surface area contributed by atoms with Gasteiger partial charge >= 0.3 is 0 Å². The molecule has 17 heavy (non-hydrogen) atoms. The van der Waals surface area contributed by atoms with E-state index in [-0.39, 0.29) is 5.56 Å². The van der Waals surface area contributed by atoms with Crippen LogP contribution in [0.15, 0.2) is 29.3 Å². The number of aromatic nitrogens is 2. The van der Waals surface area contributed by atoms with Crippen molar-refractivity contribution >= 4 is 23.2 Å². The summed E-state index contributed by atoms with van der Waals surface area (Å²) in [6, 6.07) is 5.11. The van der Waals surface area contributed by atoms with E-state index < -0.39 is 0 Å². The molecule has 0 aliphatic carbocycles. The van der Waals surface area contributed by atoms with Gasteiger partial charge in [0.25, 0.3) is 5.56 Å². The summed E-state index contributed by atoms with van der Waals surface area (Å²) < 4.78 is 0. The second-order valence-electron chi connectivity index (χ2n) is 3.54. The van der Waals surface area contributed by atoms with Crippen LogP contribution in [0.3, 0.4) is 0 Å². The van der Waals surface area contributed by atoms with Crippen LogP contribution in [0.5, 0.6) is 0 Å². The molecule has 0 bridgehead atoms. The topological polar surface area (TPSA) is 45.8 Å². The fraction of sp³-hybridized carbons (Fsp3) is 0.167. The maximum Gasteiger partial charge on any atom is 0.254 e. The van der Waals surface area contributed by atoms with Crippen LogP contribution >= 0.6 is 23.2 Å². The fourth-order valence-corrected chi connectivity index (χ4v) is 2.05. The molecule has 0 fully saturated rings. The molecule has 0 atom stereocenters. The van der Waals surface area contributed by atoms with Crippen molar-refractivity contribution in [3.8, 4) is 11.3 Å². The molecule has 0 saturated heterocycles. The standard InChI is InChI=1S/C12H10Cl2N2O/c1-2-8-11(15-6-16-12(8)17)9-5-7(13)3-4-10(9)14/h3-6H,2H2,1H3,(H,15,16,17). The summed E-state index contributed by atoms with van der Waals surface area (Å²) in [4.78, 5) is 18.4. The van der Waals surface area contributed by atoms with Gasteiger partial charge in [0.15, 0.2) is 0 Å². The van der Waals surface area contributed by atoms with Gasteiger partial charge in [0, 0.05) is 16.1 Å². The summed E-state index contributed by atoms with van der Waals surface area (Å²) in [5, 5.41) is 1.09. The number of hydrogen-bond acceptors (Lipinski definition) is 2. The van der Waals surface area contributed by atoms with Crippen LogP contribution in [-0.2, 0) is 6.42 Å². The summed E-state index contributed by atoms with van der Waals surface area (Å²) in [5.74, 6) is 0. The van der Waals surface area contributed by atoms with Crippen molar-refractivity contribution in [2.24, 2.45) is 0 Å². The number of nitrogens with zero attached hydrogens (tertiary/aromatic N) is 1. The second kappa shape index (κ2) is 4.90. The zero-order valence-corrected chi connectivity index (χ0v) is 10.6. The number of hydrogen-bond donors (Lipinski definition) is 1. The Kier molecular flexibility index (Phi) is 3.50. The van der Waals surface area contributed by atoms with E-state index in [0.717, 1.165) is 0 Å². The van der Waals surface area contributed by atoms with E-state index in [0.29, 0.717) is 33.3 Å². The molecule has 0 saturated carbocycles. The molecule has 1 aromatic carbocycles. The minimum atomic E-state index is -0.145. The second-order valence-corrected chi connectivity index (χ2v) is 4.38. The quantitative estimate of drug-likeness (QED) is 0.909. The Hall–Kier alpha value is -1.32. The molecule has 1 heterocycles. The largest absolute Gasteiger partial charge is 0.313 e. The third-order valence-corrected chi connectivity index (χ3v) is 3.05. The summed E-state index contributed by atoms with van der Waals surface area (Å²) in [7, 11) is 0. The van der Waals surface area contributed by atoms with E-state index in [9.17, 15) is 4.79 Å². The highest BCUT2D eigenvalue weighted by molar-refractivity contribution is 6.35. The zero-order valence-electron chi connectivity index (χ0n) is 9.13. The summed E-state index contributed by atoms with van der Waals surface area (Å²) in [6.45, 7) is 1.90. The normalized spacial score (nSPS) is 10.5. The molecule has 2 rings (SSSR count). The van der Waals surface area contributed by atoms with Crippen LogP contribution in [0.1, 0.15) is 12.5 Å². The van der Waals surface area contributed by atoms with Crippen LogP contribution in [0.4, 0.5) is 0 Å². The van der Waals surface area contributed by atoms with Crippen molar-refractivity contribution in [1.82, 2.24) is 9.97 Å². The lowest BCUT2D eigenvalue weighted by Gasteiger charge is -2.07. The molecule has 2 aromatic rings. The van der Waals surface area contributed by atoms with Crippen molar-refractivity contribution in [1.29, 1.82) is 0 Å². The Morgan fingerprint density at radius 3 is 2.82 bits per heavy atom. The van der Waals surface area contributed by atoms with E-state index in [1.807, 2.05) is 6.92 Å². The van der Waals surface area contributed by atoms with Crippen molar-refractivity contribution in [2.45, 2.75) is 13.3 Å². The lowest BCUT2D eigenvalue weighted by atomic mass is 10.1. The highest BCUT2D eigenvalue weighted by atomic mass is 35.5. The third kappa shape index (κ3) is 2.35. The molecule has 0 spiro atoms. The van der Waals surface area contributed by atoms with Crippen molar-refractivity contribution in [3.63, 3.8) is 0 Å². The van der Waals surface area contributed by atoms with E-state index in [4.69, 9.17) is 23.2 Å². The molecular weight excluding hydrogens is 259 g/mol. The molecule has 0 unspecified atom stereocenters. The van der Waals surface area contributed by atoms with E-state index >= 15 is 0 Å². The Morgan fingerprint density at radius 1 is 1.35 bits per heavy atom. The van der Waals surface area contributed by atoms with Gasteiger partial charge < -0.3 is 4.98 Å². The number of nitrogens with one attached hydrogen (secondary N) is 1. The Bertz CT molecular complexity index is 608. The molecule has 1 N–H and O–H groups in total. The summed E-state index contributed by atoms with van der Waals surface area (Å²) in [5.41, 5.74) is 1.73.